The van der Waals surface area contributed by atoms with Crippen LogP contribution in [0.25, 0.3) is 0 Å². The summed E-state index contributed by atoms with van der Waals surface area (Å²) in [6.07, 6.45) is 3.17. The van der Waals surface area contributed by atoms with E-state index in [1.165, 1.54) is 7.11 Å². The van der Waals surface area contributed by atoms with Crippen molar-refractivity contribution in [2.75, 3.05) is 17.7 Å². The largest absolute Gasteiger partial charge is 0.465 e. The standard InChI is InChI=1S/C14H13N3O3/c1-20-13(18)10-2-4-11(5-3-10)16-14(19)17-12-6-8-15-9-7-12/h2-9H,1H3,(H2,15,16,17,19). The van der Waals surface area contributed by atoms with Crippen molar-refractivity contribution in [1.29, 1.82) is 0 Å². The molecule has 0 aliphatic heterocycles. The first-order valence-corrected chi connectivity index (χ1v) is 5.85. The van der Waals surface area contributed by atoms with Crippen LogP contribution in [0, 0.1) is 0 Å². The average Bonchev–Trinajstić information content (AvgIpc) is 2.48. The number of carbonyl (C=O) groups excluding carboxylic acids is 2. The fourth-order valence-corrected chi connectivity index (χ4v) is 1.54. The van der Waals surface area contributed by atoms with Crippen LogP contribution in [0.5, 0.6) is 0 Å². The molecule has 6 nitrogen and oxygen atoms in total. The molecule has 0 saturated heterocycles. The second kappa shape index (κ2) is 6.33. The summed E-state index contributed by atoms with van der Waals surface area (Å²) in [7, 11) is 1.32. The van der Waals surface area contributed by atoms with E-state index in [1.54, 1.807) is 48.8 Å². The lowest BCUT2D eigenvalue weighted by Gasteiger charge is -2.07. The number of esters is 1. The lowest BCUT2D eigenvalue weighted by atomic mass is 10.2. The fraction of sp³-hybridized carbons (Fsp3) is 0.0714. The molecule has 1 aromatic carbocycles. The maximum absolute atomic E-state index is 11.7. The van der Waals surface area contributed by atoms with Crippen LogP contribution < -0.4 is 10.6 Å². The highest BCUT2D eigenvalue weighted by molar-refractivity contribution is 6.00. The van der Waals surface area contributed by atoms with Gasteiger partial charge in [-0.3, -0.25) is 4.98 Å². The molecule has 2 rings (SSSR count). The van der Waals surface area contributed by atoms with Gasteiger partial charge in [0.2, 0.25) is 0 Å². The number of aromatic nitrogens is 1. The quantitative estimate of drug-likeness (QED) is 0.840. The molecule has 1 heterocycles. The second-order valence-electron chi connectivity index (χ2n) is 3.88. The molecule has 0 saturated carbocycles. The second-order valence-corrected chi connectivity index (χ2v) is 3.88. The minimum atomic E-state index is -0.419. The summed E-state index contributed by atoms with van der Waals surface area (Å²) in [6.45, 7) is 0. The molecule has 0 aliphatic carbocycles. The van der Waals surface area contributed by atoms with Gasteiger partial charge in [0.1, 0.15) is 0 Å². The molecule has 0 radical (unpaired) electrons. The summed E-state index contributed by atoms with van der Waals surface area (Å²) in [5.74, 6) is -0.419. The Kier molecular flexibility index (Phi) is 4.28. The Morgan fingerprint density at radius 1 is 0.950 bits per heavy atom. The molecule has 0 unspecified atom stereocenters. The van der Waals surface area contributed by atoms with Gasteiger partial charge >= 0.3 is 12.0 Å². The number of rotatable bonds is 3. The first-order valence-electron chi connectivity index (χ1n) is 5.85. The number of hydrogen-bond donors (Lipinski definition) is 2. The van der Waals surface area contributed by atoms with Gasteiger partial charge < -0.3 is 15.4 Å². The van der Waals surface area contributed by atoms with Gasteiger partial charge in [-0.15, -0.1) is 0 Å². The van der Waals surface area contributed by atoms with Crippen molar-refractivity contribution in [2.24, 2.45) is 0 Å². The van der Waals surface area contributed by atoms with E-state index in [-0.39, 0.29) is 6.03 Å². The molecule has 20 heavy (non-hydrogen) atoms. The molecular weight excluding hydrogens is 258 g/mol. The number of urea groups is 1. The highest BCUT2D eigenvalue weighted by Crippen LogP contribution is 2.11. The Bertz CT molecular complexity index is 597. The molecule has 0 spiro atoms. The number of anilines is 2. The molecule has 0 fully saturated rings. The fourth-order valence-electron chi connectivity index (χ4n) is 1.54. The summed E-state index contributed by atoms with van der Waals surface area (Å²) < 4.78 is 4.59. The third-order valence-corrected chi connectivity index (χ3v) is 2.50. The molecule has 2 amide bonds. The highest BCUT2D eigenvalue weighted by Gasteiger charge is 2.06. The molecule has 0 atom stereocenters. The SMILES string of the molecule is COC(=O)c1ccc(NC(=O)Nc2ccncc2)cc1. The number of carbonyl (C=O) groups is 2. The average molecular weight is 271 g/mol. The Balaban J connectivity index is 1.96. The molecule has 6 heteroatoms. The van der Waals surface area contributed by atoms with E-state index in [9.17, 15) is 9.59 Å². The maximum Gasteiger partial charge on any atom is 0.337 e. The Labute approximate surface area is 115 Å². The maximum atomic E-state index is 11.7. The van der Waals surface area contributed by atoms with Gasteiger partial charge in [-0.2, -0.15) is 0 Å². The van der Waals surface area contributed by atoms with Crippen LogP contribution in [-0.2, 0) is 4.74 Å². The number of ether oxygens (including phenoxy) is 1. The van der Waals surface area contributed by atoms with Crippen molar-refractivity contribution < 1.29 is 14.3 Å². The monoisotopic (exact) mass is 271 g/mol. The van der Waals surface area contributed by atoms with Crippen LogP contribution in [0.1, 0.15) is 10.4 Å². The smallest absolute Gasteiger partial charge is 0.337 e. The van der Waals surface area contributed by atoms with Crippen LogP contribution in [0.15, 0.2) is 48.8 Å². The predicted molar refractivity (Wildman–Crippen MR) is 74.7 cm³/mol. The number of benzene rings is 1. The molecule has 0 bridgehead atoms. The zero-order valence-electron chi connectivity index (χ0n) is 10.8. The third kappa shape index (κ3) is 3.55. The van der Waals surface area contributed by atoms with E-state index in [0.717, 1.165) is 0 Å². The normalized spacial score (nSPS) is 9.65. The van der Waals surface area contributed by atoms with Crippen molar-refractivity contribution >= 4 is 23.4 Å². The lowest BCUT2D eigenvalue weighted by molar-refractivity contribution is 0.0601. The van der Waals surface area contributed by atoms with Crippen LogP contribution >= 0.6 is 0 Å². The van der Waals surface area contributed by atoms with E-state index in [1.807, 2.05) is 0 Å². The molecule has 102 valence electrons. The van der Waals surface area contributed by atoms with Crippen molar-refractivity contribution in [3.05, 3.63) is 54.4 Å². The highest BCUT2D eigenvalue weighted by atomic mass is 16.5. The number of nitrogens with one attached hydrogen (secondary N) is 2. The first-order chi connectivity index (χ1) is 9.69. The van der Waals surface area contributed by atoms with Crippen LogP contribution in [0.2, 0.25) is 0 Å². The number of nitrogens with zero attached hydrogens (tertiary/aromatic N) is 1. The summed E-state index contributed by atoms with van der Waals surface area (Å²) in [5, 5.41) is 5.31. The van der Waals surface area contributed by atoms with E-state index < -0.39 is 5.97 Å². The summed E-state index contributed by atoms with van der Waals surface area (Å²) in [4.78, 5) is 26.8. The van der Waals surface area contributed by atoms with Gasteiger partial charge in [0, 0.05) is 23.8 Å². The number of hydrogen-bond acceptors (Lipinski definition) is 4. The number of pyridine rings is 1. The van der Waals surface area contributed by atoms with Crippen molar-refractivity contribution in [3.8, 4) is 0 Å². The van der Waals surface area contributed by atoms with Gasteiger partial charge in [0.05, 0.1) is 12.7 Å². The predicted octanol–water partition coefficient (Wildman–Crippen LogP) is 2.51. The Morgan fingerprint density at radius 2 is 1.50 bits per heavy atom. The molecule has 1 aromatic heterocycles. The Hall–Kier alpha value is -2.89. The zero-order valence-corrected chi connectivity index (χ0v) is 10.8. The van der Waals surface area contributed by atoms with Gasteiger partial charge in [-0.1, -0.05) is 0 Å². The van der Waals surface area contributed by atoms with Gasteiger partial charge in [-0.25, -0.2) is 9.59 Å². The summed E-state index contributed by atoms with van der Waals surface area (Å²) in [6, 6.07) is 9.39. The van der Waals surface area contributed by atoms with Crippen molar-refractivity contribution in [1.82, 2.24) is 4.98 Å². The van der Waals surface area contributed by atoms with E-state index in [4.69, 9.17) is 0 Å². The molecule has 2 aromatic rings. The Morgan fingerprint density at radius 3 is 2.05 bits per heavy atom. The molecule has 0 aliphatic rings. The van der Waals surface area contributed by atoms with E-state index in [0.29, 0.717) is 16.9 Å². The third-order valence-electron chi connectivity index (χ3n) is 2.50. The first kappa shape index (κ1) is 13.5. The minimum absolute atomic E-state index is 0.373. The van der Waals surface area contributed by atoms with Gasteiger partial charge in [-0.05, 0) is 36.4 Å². The van der Waals surface area contributed by atoms with Gasteiger partial charge in [0.15, 0.2) is 0 Å². The minimum Gasteiger partial charge on any atom is -0.465 e. The summed E-state index contributed by atoms with van der Waals surface area (Å²) >= 11 is 0. The van der Waals surface area contributed by atoms with Crippen molar-refractivity contribution in [2.45, 2.75) is 0 Å². The number of methoxy groups -OCH3 is 1. The van der Waals surface area contributed by atoms with Crippen molar-refractivity contribution in [3.63, 3.8) is 0 Å². The van der Waals surface area contributed by atoms with Crippen LogP contribution in [-0.4, -0.2) is 24.1 Å². The molecule has 2 N–H and O–H groups in total. The number of amides is 2. The van der Waals surface area contributed by atoms with E-state index >= 15 is 0 Å². The topological polar surface area (TPSA) is 80.3 Å². The van der Waals surface area contributed by atoms with Gasteiger partial charge in [0.25, 0.3) is 0 Å². The zero-order chi connectivity index (χ0) is 14.4. The molecular formula is C14H13N3O3. The van der Waals surface area contributed by atoms with Crippen LogP contribution in [0.3, 0.4) is 0 Å². The summed E-state index contributed by atoms with van der Waals surface area (Å²) in [5.41, 5.74) is 1.64. The van der Waals surface area contributed by atoms with Crippen LogP contribution in [0.4, 0.5) is 16.2 Å². The van der Waals surface area contributed by atoms with E-state index in [2.05, 4.69) is 20.4 Å². The lowest BCUT2D eigenvalue weighted by Crippen LogP contribution is -2.19.